The zero-order valence-electron chi connectivity index (χ0n) is 16.1. The van der Waals surface area contributed by atoms with Crippen LogP contribution in [0.5, 0.6) is 0 Å². The number of benzene rings is 2. The number of halogens is 1. The fourth-order valence-corrected chi connectivity index (χ4v) is 3.67. The minimum Gasteiger partial charge on any atom is -0.354 e. The molecule has 1 saturated heterocycles. The van der Waals surface area contributed by atoms with Crippen LogP contribution in [-0.4, -0.2) is 36.2 Å². The van der Waals surface area contributed by atoms with Gasteiger partial charge in [-0.05, 0) is 62.2 Å². The summed E-state index contributed by atoms with van der Waals surface area (Å²) in [5, 5.41) is 3.04. The number of Topliss-reactive ketones (excluding diaryl/α,β-unsaturated/α-hetero) is 1. The number of hydrogen-bond donors (Lipinski definition) is 1. The molecule has 3 rings (SSSR count). The molecule has 1 unspecified atom stereocenters. The van der Waals surface area contributed by atoms with Crippen LogP contribution in [0.3, 0.4) is 0 Å². The summed E-state index contributed by atoms with van der Waals surface area (Å²) in [7, 11) is 0. The maximum Gasteiger partial charge on any atom is 0.220 e. The van der Waals surface area contributed by atoms with Crippen molar-refractivity contribution in [3.8, 4) is 0 Å². The SMILES string of the molecule is O=C(CCCC(=O)c1ccc(F)cc1)NCC(c1ccccc1)N1CCCC1. The summed E-state index contributed by atoms with van der Waals surface area (Å²) in [6.45, 7) is 2.69. The standard InChI is InChI=1S/C23H27FN2O2/c24-20-13-11-19(12-14-20)22(27)9-6-10-23(28)25-17-21(26-15-4-5-16-26)18-7-2-1-3-8-18/h1-3,7-8,11-14,21H,4-6,9-10,15-17H2,(H,25,28). The van der Waals surface area contributed by atoms with Crippen molar-refractivity contribution < 1.29 is 14.0 Å². The maximum absolute atomic E-state index is 12.9. The average Bonchev–Trinajstić information content (AvgIpc) is 3.24. The first-order chi connectivity index (χ1) is 13.6. The Morgan fingerprint density at radius 1 is 0.964 bits per heavy atom. The van der Waals surface area contributed by atoms with Gasteiger partial charge in [0.2, 0.25) is 5.91 Å². The van der Waals surface area contributed by atoms with E-state index in [1.54, 1.807) is 0 Å². The predicted molar refractivity (Wildman–Crippen MR) is 108 cm³/mol. The van der Waals surface area contributed by atoms with Gasteiger partial charge in [0.25, 0.3) is 0 Å². The van der Waals surface area contributed by atoms with Gasteiger partial charge in [0.1, 0.15) is 5.82 Å². The van der Waals surface area contributed by atoms with E-state index in [2.05, 4.69) is 22.3 Å². The molecule has 0 radical (unpaired) electrons. The van der Waals surface area contributed by atoms with E-state index in [0.29, 0.717) is 24.9 Å². The first kappa shape index (κ1) is 20.2. The molecular formula is C23H27FN2O2. The van der Waals surface area contributed by atoms with Crippen molar-refractivity contribution in [2.24, 2.45) is 0 Å². The van der Waals surface area contributed by atoms with Crippen LogP contribution in [-0.2, 0) is 4.79 Å². The van der Waals surface area contributed by atoms with Crippen molar-refractivity contribution in [1.82, 2.24) is 10.2 Å². The van der Waals surface area contributed by atoms with Gasteiger partial charge in [-0.2, -0.15) is 0 Å². The number of nitrogens with zero attached hydrogens (tertiary/aromatic N) is 1. The molecule has 0 aromatic heterocycles. The van der Waals surface area contributed by atoms with Crippen molar-refractivity contribution in [1.29, 1.82) is 0 Å². The Morgan fingerprint density at radius 2 is 1.64 bits per heavy atom. The van der Waals surface area contributed by atoms with Crippen molar-refractivity contribution in [3.05, 3.63) is 71.5 Å². The third-order valence-electron chi connectivity index (χ3n) is 5.23. The van der Waals surface area contributed by atoms with Crippen LogP contribution >= 0.6 is 0 Å². The van der Waals surface area contributed by atoms with E-state index in [1.807, 2.05) is 18.2 Å². The molecule has 1 aliphatic rings. The quantitative estimate of drug-likeness (QED) is 0.664. The molecule has 1 aliphatic heterocycles. The van der Waals surface area contributed by atoms with Gasteiger partial charge in [-0.3, -0.25) is 14.5 Å². The van der Waals surface area contributed by atoms with Gasteiger partial charge in [-0.1, -0.05) is 30.3 Å². The lowest BCUT2D eigenvalue weighted by molar-refractivity contribution is -0.121. The molecule has 0 bridgehead atoms. The second-order valence-corrected chi connectivity index (χ2v) is 7.26. The fraction of sp³-hybridized carbons (Fsp3) is 0.391. The molecule has 2 aromatic rings. The van der Waals surface area contributed by atoms with E-state index in [-0.39, 0.29) is 30.0 Å². The lowest BCUT2D eigenvalue weighted by Gasteiger charge is -2.28. The number of nitrogens with one attached hydrogen (secondary N) is 1. The van der Waals surface area contributed by atoms with Crippen molar-refractivity contribution >= 4 is 11.7 Å². The van der Waals surface area contributed by atoms with Crippen molar-refractivity contribution in [3.63, 3.8) is 0 Å². The highest BCUT2D eigenvalue weighted by molar-refractivity contribution is 5.96. The van der Waals surface area contributed by atoms with E-state index < -0.39 is 0 Å². The van der Waals surface area contributed by atoms with E-state index in [9.17, 15) is 14.0 Å². The van der Waals surface area contributed by atoms with Crippen LogP contribution in [0.1, 0.15) is 54.1 Å². The Balaban J connectivity index is 1.45. The number of rotatable bonds is 9. The van der Waals surface area contributed by atoms with Crippen LogP contribution in [0.15, 0.2) is 54.6 Å². The first-order valence-corrected chi connectivity index (χ1v) is 9.98. The summed E-state index contributed by atoms with van der Waals surface area (Å²) in [6.07, 6.45) is 3.48. The number of carbonyl (C=O) groups is 2. The number of likely N-dealkylation sites (tertiary alicyclic amines) is 1. The topological polar surface area (TPSA) is 49.4 Å². The molecule has 0 saturated carbocycles. The Labute approximate surface area is 165 Å². The molecule has 1 heterocycles. The summed E-state index contributed by atoms with van der Waals surface area (Å²) < 4.78 is 12.9. The number of ketones is 1. The largest absolute Gasteiger partial charge is 0.354 e. The average molecular weight is 382 g/mol. The molecule has 1 N–H and O–H groups in total. The second kappa shape index (κ2) is 10.1. The summed E-state index contributed by atoms with van der Waals surface area (Å²) in [6, 6.07) is 16.0. The molecule has 1 fully saturated rings. The van der Waals surface area contributed by atoms with Crippen LogP contribution in [0, 0.1) is 5.82 Å². The van der Waals surface area contributed by atoms with E-state index >= 15 is 0 Å². The highest BCUT2D eigenvalue weighted by Gasteiger charge is 2.23. The third kappa shape index (κ3) is 5.73. The fourth-order valence-electron chi connectivity index (χ4n) is 3.67. The number of hydrogen-bond acceptors (Lipinski definition) is 3. The molecule has 1 atom stereocenters. The van der Waals surface area contributed by atoms with E-state index in [1.165, 1.54) is 42.7 Å². The molecule has 5 heteroatoms. The summed E-state index contributed by atoms with van der Waals surface area (Å²) in [4.78, 5) is 26.8. The molecule has 4 nitrogen and oxygen atoms in total. The van der Waals surface area contributed by atoms with Crippen LogP contribution in [0.4, 0.5) is 4.39 Å². The normalized spacial score (nSPS) is 15.3. The number of carbonyl (C=O) groups excluding carboxylic acids is 2. The Hall–Kier alpha value is -2.53. The summed E-state index contributed by atoms with van der Waals surface area (Å²) in [5.74, 6) is -0.457. The van der Waals surface area contributed by atoms with Gasteiger partial charge in [0.05, 0.1) is 6.04 Å². The smallest absolute Gasteiger partial charge is 0.220 e. The van der Waals surface area contributed by atoms with Gasteiger partial charge >= 0.3 is 0 Å². The van der Waals surface area contributed by atoms with E-state index in [0.717, 1.165) is 13.1 Å². The molecule has 0 spiro atoms. The zero-order valence-corrected chi connectivity index (χ0v) is 16.1. The van der Waals surface area contributed by atoms with E-state index in [4.69, 9.17) is 0 Å². The molecular weight excluding hydrogens is 355 g/mol. The second-order valence-electron chi connectivity index (χ2n) is 7.26. The van der Waals surface area contributed by atoms with Gasteiger partial charge < -0.3 is 5.32 Å². The Kier molecular flexibility index (Phi) is 7.31. The summed E-state index contributed by atoms with van der Waals surface area (Å²) >= 11 is 0. The third-order valence-corrected chi connectivity index (χ3v) is 5.23. The molecule has 1 amide bonds. The predicted octanol–water partition coefficient (Wildman–Crippen LogP) is 4.13. The highest BCUT2D eigenvalue weighted by Crippen LogP contribution is 2.24. The van der Waals surface area contributed by atoms with Gasteiger partial charge in [-0.15, -0.1) is 0 Å². The van der Waals surface area contributed by atoms with Crippen LogP contribution in [0.25, 0.3) is 0 Å². The molecule has 28 heavy (non-hydrogen) atoms. The lowest BCUT2D eigenvalue weighted by Crippen LogP contribution is -2.36. The lowest BCUT2D eigenvalue weighted by atomic mass is 10.0. The van der Waals surface area contributed by atoms with Gasteiger partial charge in [0.15, 0.2) is 5.78 Å². The van der Waals surface area contributed by atoms with Gasteiger partial charge in [0, 0.05) is 24.9 Å². The monoisotopic (exact) mass is 382 g/mol. The van der Waals surface area contributed by atoms with Crippen molar-refractivity contribution in [2.45, 2.75) is 38.1 Å². The molecule has 148 valence electrons. The maximum atomic E-state index is 12.9. The first-order valence-electron chi connectivity index (χ1n) is 9.98. The van der Waals surface area contributed by atoms with Crippen LogP contribution < -0.4 is 5.32 Å². The minimum atomic E-state index is -0.359. The Bertz CT molecular complexity index is 771. The molecule has 2 aromatic carbocycles. The Morgan fingerprint density at radius 3 is 2.32 bits per heavy atom. The minimum absolute atomic E-state index is 0.0352. The highest BCUT2D eigenvalue weighted by atomic mass is 19.1. The van der Waals surface area contributed by atoms with Gasteiger partial charge in [-0.25, -0.2) is 4.39 Å². The number of amides is 1. The van der Waals surface area contributed by atoms with Crippen molar-refractivity contribution in [2.75, 3.05) is 19.6 Å². The molecule has 0 aliphatic carbocycles. The van der Waals surface area contributed by atoms with Crippen LogP contribution in [0.2, 0.25) is 0 Å². The summed E-state index contributed by atoms with van der Waals surface area (Å²) in [5.41, 5.74) is 1.70. The zero-order chi connectivity index (χ0) is 19.8.